The molecule has 1 aromatic rings. The molecule has 1 amide bonds. The topological polar surface area (TPSA) is 45.2 Å². The van der Waals surface area contributed by atoms with Crippen LogP contribution >= 0.6 is 0 Å². The Hall–Kier alpha value is -1.65. The summed E-state index contributed by atoms with van der Waals surface area (Å²) in [5.41, 5.74) is 0.340. The van der Waals surface area contributed by atoms with Gasteiger partial charge in [-0.15, -0.1) is 0 Å². The number of pyridine rings is 1. The zero-order valence-corrected chi connectivity index (χ0v) is 12.0. The van der Waals surface area contributed by atoms with Crippen LogP contribution in [0, 0.1) is 5.82 Å². The molecule has 0 spiro atoms. The first-order chi connectivity index (χ1) is 9.72. The minimum absolute atomic E-state index is 0.116. The van der Waals surface area contributed by atoms with E-state index in [1.165, 1.54) is 12.5 Å². The van der Waals surface area contributed by atoms with Crippen molar-refractivity contribution < 1.29 is 9.18 Å². The molecule has 1 aliphatic rings. The highest BCUT2D eigenvalue weighted by molar-refractivity contribution is 5.98. The molecule has 0 radical (unpaired) electrons. The molecule has 2 rings (SSSR count). The smallest absolute Gasteiger partial charge is 0.257 e. The molecule has 0 saturated carbocycles. The third-order valence-electron chi connectivity index (χ3n) is 3.57. The number of hydrogen-bond acceptors (Lipinski definition) is 3. The molecule has 0 bridgehead atoms. The summed E-state index contributed by atoms with van der Waals surface area (Å²) in [5, 5.41) is 3.03. The van der Waals surface area contributed by atoms with Gasteiger partial charge in [-0.05, 0) is 25.8 Å². The lowest BCUT2D eigenvalue weighted by molar-refractivity contribution is 0.0742. The molecular formula is C15H22FN3O. The minimum atomic E-state index is -0.470. The molecule has 5 heteroatoms. The van der Waals surface area contributed by atoms with E-state index in [0.29, 0.717) is 17.9 Å². The predicted octanol–water partition coefficient (Wildman–Crippen LogP) is 3.06. The summed E-state index contributed by atoms with van der Waals surface area (Å²) >= 11 is 0. The summed E-state index contributed by atoms with van der Waals surface area (Å²) in [6.07, 6.45) is 6.74. The fraction of sp³-hybridized carbons (Fsp3) is 0.600. The normalized spacial score (nSPS) is 16.4. The maximum absolute atomic E-state index is 13.4. The van der Waals surface area contributed by atoms with E-state index >= 15 is 0 Å². The van der Waals surface area contributed by atoms with Crippen molar-refractivity contribution in [3.05, 3.63) is 23.6 Å². The van der Waals surface area contributed by atoms with Crippen molar-refractivity contribution in [1.82, 2.24) is 9.88 Å². The van der Waals surface area contributed by atoms with Gasteiger partial charge in [0, 0.05) is 19.6 Å². The Morgan fingerprint density at radius 1 is 1.30 bits per heavy atom. The van der Waals surface area contributed by atoms with Gasteiger partial charge in [0.25, 0.3) is 5.91 Å². The number of amides is 1. The number of hydrogen-bond donors (Lipinski definition) is 1. The SMILES string of the molecule is CCNc1ncc(F)cc1C(=O)N1CCCCCCC1. The number of halogens is 1. The van der Waals surface area contributed by atoms with Gasteiger partial charge in [-0.3, -0.25) is 4.79 Å². The van der Waals surface area contributed by atoms with Crippen molar-refractivity contribution in [2.24, 2.45) is 0 Å². The second kappa shape index (κ2) is 7.22. The van der Waals surface area contributed by atoms with Crippen LogP contribution in [0.2, 0.25) is 0 Å². The summed E-state index contributed by atoms with van der Waals surface area (Å²) in [7, 11) is 0. The van der Waals surface area contributed by atoms with Gasteiger partial charge in [-0.1, -0.05) is 19.3 Å². The molecule has 1 aliphatic heterocycles. The van der Waals surface area contributed by atoms with Crippen LogP contribution in [-0.2, 0) is 0 Å². The van der Waals surface area contributed by atoms with E-state index in [1.54, 1.807) is 0 Å². The lowest BCUT2D eigenvalue weighted by atomic mass is 10.1. The Bertz CT molecular complexity index is 456. The second-order valence-electron chi connectivity index (χ2n) is 5.14. The molecule has 20 heavy (non-hydrogen) atoms. The average molecular weight is 279 g/mol. The fourth-order valence-electron chi connectivity index (χ4n) is 2.53. The van der Waals surface area contributed by atoms with E-state index in [9.17, 15) is 9.18 Å². The summed E-state index contributed by atoms with van der Waals surface area (Å²) in [6, 6.07) is 1.28. The van der Waals surface area contributed by atoms with Crippen LogP contribution in [0.5, 0.6) is 0 Å². The molecule has 2 heterocycles. The zero-order valence-electron chi connectivity index (χ0n) is 12.0. The predicted molar refractivity (Wildman–Crippen MR) is 77.3 cm³/mol. The summed E-state index contributed by atoms with van der Waals surface area (Å²) in [6.45, 7) is 4.08. The second-order valence-corrected chi connectivity index (χ2v) is 5.14. The van der Waals surface area contributed by atoms with E-state index in [-0.39, 0.29) is 5.91 Å². The van der Waals surface area contributed by atoms with Gasteiger partial charge in [0.1, 0.15) is 11.6 Å². The first-order valence-electron chi connectivity index (χ1n) is 7.41. The quantitative estimate of drug-likeness (QED) is 0.925. The van der Waals surface area contributed by atoms with E-state index in [1.807, 2.05) is 11.8 Å². The van der Waals surface area contributed by atoms with Gasteiger partial charge in [-0.2, -0.15) is 0 Å². The van der Waals surface area contributed by atoms with E-state index in [0.717, 1.165) is 45.0 Å². The number of nitrogens with zero attached hydrogens (tertiary/aromatic N) is 2. The molecule has 1 saturated heterocycles. The molecule has 0 unspecified atom stereocenters. The third kappa shape index (κ3) is 3.68. The molecule has 0 atom stereocenters. The highest BCUT2D eigenvalue weighted by Gasteiger charge is 2.20. The van der Waals surface area contributed by atoms with Gasteiger partial charge >= 0.3 is 0 Å². The largest absolute Gasteiger partial charge is 0.370 e. The Kier molecular flexibility index (Phi) is 5.32. The molecule has 0 aliphatic carbocycles. The maximum atomic E-state index is 13.4. The van der Waals surface area contributed by atoms with E-state index < -0.39 is 5.82 Å². The van der Waals surface area contributed by atoms with Crippen LogP contribution in [0.15, 0.2) is 12.3 Å². The number of nitrogens with one attached hydrogen (secondary N) is 1. The van der Waals surface area contributed by atoms with Crippen LogP contribution in [0.1, 0.15) is 49.4 Å². The molecular weight excluding hydrogens is 257 g/mol. The van der Waals surface area contributed by atoms with Gasteiger partial charge in [0.05, 0.1) is 11.8 Å². The molecule has 1 fully saturated rings. The Balaban J connectivity index is 2.19. The fourth-order valence-corrected chi connectivity index (χ4v) is 2.53. The van der Waals surface area contributed by atoms with Crippen molar-refractivity contribution in [1.29, 1.82) is 0 Å². The molecule has 4 nitrogen and oxygen atoms in total. The van der Waals surface area contributed by atoms with Gasteiger partial charge in [0.15, 0.2) is 0 Å². The van der Waals surface area contributed by atoms with Crippen LogP contribution in [0.25, 0.3) is 0 Å². The summed E-state index contributed by atoms with van der Waals surface area (Å²) in [4.78, 5) is 18.4. The number of carbonyl (C=O) groups excluding carboxylic acids is 1. The minimum Gasteiger partial charge on any atom is -0.370 e. The summed E-state index contributed by atoms with van der Waals surface area (Å²) < 4.78 is 13.4. The molecule has 1 N–H and O–H groups in total. The Labute approximate surface area is 119 Å². The van der Waals surface area contributed by atoms with Crippen molar-refractivity contribution in [3.8, 4) is 0 Å². The van der Waals surface area contributed by atoms with Crippen molar-refractivity contribution in [2.45, 2.75) is 39.0 Å². The molecule has 0 aromatic carbocycles. The van der Waals surface area contributed by atoms with Gasteiger partial charge < -0.3 is 10.2 Å². The lowest BCUT2D eigenvalue weighted by Gasteiger charge is -2.25. The first-order valence-corrected chi connectivity index (χ1v) is 7.41. The van der Waals surface area contributed by atoms with Crippen LogP contribution < -0.4 is 5.32 Å². The number of aromatic nitrogens is 1. The Morgan fingerprint density at radius 3 is 2.60 bits per heavy atom. The Morgan fingerprint density at radius 2 is 1.95 bits per heavy atom. The molecule has 1 aromatic heterocycles. The highest BCUT2D eigenvalue weighted by atomic mass is 19.1. The third-order valence-corrected chi connectivity index (χ3v) is 3.57. The van der Waals surface area contributed by atoms with E-state index in [4.69, 9.17) is 0 Å². The van der Waals surface area contributed by atoms with Gasteiger partial charge in [0.2, 0.25) is 0 Å². The number of rotatable bonds is 3. The van der Waals surface area contributed by atoms with Crippen LogP contribution in [-0.4, -0.2) is 35.4 Å². The van der Waals surface area contributed by atoms with Gasteiger partial charge in [-0.25, -0.2) is 9.37 Å². The number of anilines is 1. The average Bonchev–Trinajstić information content (AvgIpc) is 2.40. The maximum Gasteiger partial charge on any atom is 0.257 e. The first kappa shape index (κ1) is 14.8. The zero-order chi connectivity index (χ0) is 14.4. The van der Waals surface area contributed by atoms with Crippen molar-refractivity contribution in [3.63, 3.8) is 0 Å². The monoisotopic (exact) mass is 279 g/mol. The standard InChI is InChI=1S/C15H22FN3O/c1-2-17-14-13(10-12(16)11-18-14)15(20)19-8-6-4-3-5-7-9-19/h10-11H,2-9H2,1H3,(H,17,18). The van der Waals surface area contributed by atoms with Crippen molar-refractivity contribution in [2.75, 3.05) is 25.0 Å². The van der Waals surface area contributed by atoms with Crippen molar-refractivity contribution >= 4 is 11.7 Å². The molecule has 110 valence electrons. The number of carbonyl (C=O) groups is 1. The van der Waals surface area contributed by atoms with Crippen LogP contribution in [0.4, 0.5) is 10.2 Å². The highest BCUT2D eigenvalue weighted by Crippen LogP contribution is 2.18. The summed E-state index contributed by atoms with van der Waals surface area (Å²) in [5.74, 6) is -0.113. The lowest BCUT2D eigenvalue weighted by Crippen LogP contribution is -2.34. The number of likely N-dealkylation sites (tertiary alicyclic amines) is 1. The van der Waals surface area contributed by atoms with E-state index in [2.05, 4.69) is 10.3 Å². The van der Waals surface area contributed by atoms with Crippen LogP contribution in [0.3, 0.4) is 0 Å².